The predicted octanol–water partition coefficient (Wildman–Crippen LogP) is -1.03. The first-order chi connectivity index (χ1) is 21.3. The summed E-state index contributed by atoms with van der Waals surface area (Å²) in [6.07, 6.45) is -11.2. The van der Waals surface area contributed by atoms with Crippen LogP contribution in [0.1, 0.15) is 0 Å². The van der Waals surface area contributed by atoms with Crippen LogP contribution in [0.4, 0.5) is 0 Å². The summed E-state index contributed by atoms with van der Waals surface area (Å²) in [5.41, 5.74) is 0. The maximum Gasteiger partial charge on any atom is 0.187 e. The lowest BCUT2D eigenvalue weighted by Gasteiger charge is -2.49. The Labute approximate surface area is 259 Å². The molecule has 0 spiro atoms. The molecule has 0 unspecified atom stereocenters. The summed E-state index contributed by atoms with van der Waals surface area (Å²) < 4.78 is 87.5. The summed E-state index contributed by atoms with van der Waals surface area (Å²) in [6, 6.07) is 0. The molecule has 260 valence electrons. The number of ether oxygens (including phenoxy) is 15. The molecule has 0 aromatic carbocycles. The van der Waals surface area contributed by atoms with E-state index in [0.29, 0.717) is 0 Å². The minimum atomic E-state index is -1.40. The Morgan fingerprint density at radius 2 is 0.795 bits per heavy atom. The van der Waals surface area contributed by atoms with Gasteiger partial charge in [0.25, 0.3) is 0 Å². The molecule has 0 bridgehead atoms. The molecule has 0 amide bonds. The van der Waals surface area contributed by atoms with Crippen molar-refractivity contribution in [1.29, 1.82) is 0 Å². The number of hydrogen-bond donors (Lipinski definition) is 1. The zero-order chi connectivity index (χ0) is 32.4. The Morgan fingerprint density at radius 1 is 0.409 bits per heavy atom. The molecular weight excluding hydrogens is 592 g/mol. The quantitative estimate of drug-likeness (QED) is 0.205. The van der Waals surface area contributed by atoms with Gasteiger partial charge in [0.05, 0.1) is 19.8 Å². The first-order valence-electron chi connectivity index (χ1n) is 14.4. The highest BCUT2D eigenvalue weighted by atomic mass is 16.8. The van der Waals surface area contributed by atoms with Gasteiger partial charge < -0.3 is 76.2 Å². The Hall–Kier alpha value is -0.640. The minimum absolute atomic E-state index is 0.0812. The second-order valence-electron chi connectivity index (χ2n) is 10.6. The monoisotopic (exact) mass is 644 g/mol. The summed E-state index contributed by atoms with van der Waals surface area (Å²) in [5.74, 6) is 0. The van der Waals surface area contributed by atoms with Crippen molar-refractivity contribution in [3.05, 3.63) is 0 Å². The Morgan fingerprint density at radius 3 is 1.23 bits per heavy atom. The molecule has 3 saturated heterocycles. The summed E-state index contributed by atoms with van der Waals surface area (Å²) >= 11 is 0. The fourth-order valence-electron chi connectivity index (χ4n) is 6.26. The van der Waals surface area contributed by atoms with E-state index < -0.39 is 92.1 Å². The average molecular weight is 645 g/mol. The van der Waals surface area contributed by atoms with Gasteiger partial charge in [-0.1, -0.05) is 0 Å². The van der Waals surface area contributed by atoms with Crippen molar-refractivity contribution in [2.45, 2.75) is 92.1 Å². The molecule has 3 rings (SSSR count). The normalized spacial score (nSPS) is 43.3. The van der Waals surface area contributed by atoms with Crippen molar-refractivity contribution in [1.82, 2.24) is 0 Å². The molecule has 0 aliphatic carbocycles. The first-order valence-corrected chi connectivity index (χ1v) is 14.4. The highest BCUT2D eigenvalue weighted by Gasteiger charge is 2.54. The van der Waals surface area contributed by atoms with Gasteiger partial charge in [-0.3, -0.25) is 0 Å². The van der Waals surface area contributed by atoms with E-state index in [2.05, 4.69) is 0 Å². The van der Waals surface area contributed by atoms with Gasteiger partial charge >= 0.3 is 0 Å². The maximum absolute atomic E-state index is 11.0. The molecule has 0 aromatic rings. The molecular formula is C28H52O16. The molecule has 3 fully saturated rings. The van der Waals surface area contributed by atoms with Gasteiger partial charge in [-0.2, -0.15) is 0 Å². The molecule has 0 radical (unpaired) electrons. The highest BCUT2D eigenvalue weighted by Crippen LogP contribution is 2.34. The van der Waals surface area contributed by atoms with Crippen molar-refractivity contribution in [3.63, 3.8) is 0 Å². The number of methoxy groups -OCH3 is 10. The van der Waals surface area contributed by atoms with Crippen LogP contribution in [0.3, 0.4) is 0 Å². The molecule has 3 heterocycles. The van der Waals surface area contributed by atoms with E-state index >= 15 is 0 Å². The van der Waals surface area contributed by atoms with Crippen molar-refractivity contribution in [2.24, 2.45) is 0 Å². The van der Waals surface area contributed by atoms with Gasteiger partial charge in [0.1, 0.15) is 73.2 Å². The van der Waals surface area contributed by atoms with E-state index in [0.717, 1.165) is 0 Å². The molecule has 0 saturated carbocycles. The van der Waals surface area contributed by atoms with E-state index in [1.807, 2.05) is 0 Å². The molecule has 0 aromatic heterocycles. The Kier molecular flexibility index (Phi) is 16.0. The number of rotatable bonds is 17. The lowest BCUT2D eigenvalue weighted by atomic mass is 9.96. The van der Waals surface area contributed by atoms with Crippen LogP contribution in [-0.2, 0) is 71.1 Å². The van der Waals surface area contributed by atoms with Crippen LogP contribution in [0.2, 0.25) is 0 Å². The van der Waals surface area contributed by atoms with Crippen LogP contribution in [0, 0.1) is 0 Å². The van der Waals surface area contributed by atoms with Crippen LogP contribution in [0.15, 0.2) is 0 Å². The summed E-state index contributed by atoms with van der Waals surface area (Å²) in [5, 5.41) is 11.0. The van der Waals surface area contributed by atoms with Crippen molar-refractivity contribution in [2.75, 3.05) is 90.9 Å². The van der Waals surface area contributed by atoms with Crippen LogP contribution < -0.4 is 0 Å². The van der Waals surface area contributed by atoms with E-state index in [4.69, 9.17) is 71.1 Å². The number of aliphatic hydroxyl groups is 1. The first kappa shape index (κ1) is 37.8. The zero-order valence-electron chi connectivity index (χ0n) is 27.4. The smallest absolute Gasteiger partial charge is 0.187 e. The predicted molar refractivity (Wildman–Crippen MR) is 149 cm³/mol. The average Bonchev–Trinajstić information content (AvgIpc) is 3.03. The standard InChI is InChI=1S/C28H52O16/c1-30-11-14-17(32-3)20(35-6)24(38-9)27(42-14)40-13-16-19(34-5)22(23(37-8)26(29)41-16)44-28-25(39-10)21(36-7)18(33-4)15(43-28)12-31-2/h14-29H,11-13H2,1-10H3/t14-,15-,16-,17-,18-,19-,20+,21+,22+,23+,24+,25+,26+,27+,28-/m1/s1. The molecule has 44 heavy (non-hydrogen) atoms. The van der Waals surface area contributed by atoms with E-state index in [1.165, 1.54) is 28.4 Å². The maximum atomic E-state index is 11.0. The molecule has 3 aliphatic rings. The zero-order valence-corrected chi connectivity index (χ0v) is 27.4. The SMILES string of the molecule is COC[C@H]1O[C@H](OC[C@H]2O[C@H](O)[C@@H](OC)[C@@H](O[C@H]3O[C@H](COC)[C@@H](OC)[C@H](OC)[C@@H]3OC)[C@@H]2OC)[C@@H](OC)[C@@H](OC)[C@@H]1OC. The van der Waals surface area contributed by atoms with Gasteiger partial charge in [-0.25, -0.2) is 0 Å². The van der Waals surface area contributed by atoms with Crippen LogP contribution >= 0.6 is 0 Å². The second-order valence-corrected chi connectivity index (χ2v) is 10.6. The Balaban J connectivity index is 1.83. The number of aliphatic hydroxyl groups excluding tert-OH is 1. The molecule has 16 nitrogen and oxygen atoms in total. The van der Waals surface area contributed by atoms with Gasteiger partial charge in [0, 0.05) is 71.1 Å². The van der Waals surface area contributed by atoms with Crippen molar-refractivity contribution in [3.8, 4) is 0 Å². The largest absolute Gasteiger partial charge is 0.382 e. The molecule has 1 N–H and O–H groups in total. The van der Waals surface area contributed by atoms with E-state index in [-0.39, 0.29) is 19.8 Å². The van der Waals surface area contributed by atoms with Gasteiger partial charge in [-0.05, 0) is 0 Å². The highest BCUT2D eigenvalue weighted by molar-refractivity contribution is 4.97. The lowest BCUT2D eigenvalue weighted by Crippen LogP contribution is -2.66. The van der Waals surface area contributed by atoms with Crippen LogP contribution in [0.25, 0.3) is 0 Å². The summed E-state index contributed by atoms with van der Waals surface area (Å²) in [6.45, 7) is 0.363. The van der Waals surface area contributed by atoms with Crippen molar-refractivity contribution < 1.29 is 76.2 Å². The van der Waals surface area contributed by atoms with Gasteiger partial charge in [0.2, 0.25) is 0 Å². The molecule has 15 atom stereocenters. The topological polar surface area (TPSA) is 159 Å². The van der Waals surface area contributed by atoms with Crippen molar-refractivity contribution >= 4 is 0 Å². The fraction of sp³-hybridized carbons (Fsp3) is 1.00. The molecule has 16 heteroatoms. The van der Waals surface area contributed by atoms with Crippen LogP contribution in [-0.4, -0.2) is 188 Å². The third kappa shape index (κ3) is 8.25. The molecule has 3 aliphatic heterocycles. The van der Waals surface area contributed by atoms with Crippen LogP contribution in [0.5, 0.6) is 0 Å². The summed E-state index contributed by atoms with van der Waals surface area (Å²) in [7, 11) is 15.3. The second kappa shape index (κ2) is 18.6. The summed E-state index contributed by atoms with van der Waals surface area (Å²) in [4.78, 5) is 0. The minimum Gasteiger partial charge on any atom is -0.382 e. The third-order valence-electron chi connectivity index (χ3n) is 8.35. The third-order valence-corrected chi connectivity index (χ3v) is 8.35. The van der Waals surface area contributed by atoms with E-state index in [9.17, 15) is 5.11 Å². The Bertz CT molecular complexity index is 795. The van der Waals surface area contributed by atoms with Gasteiger partial charge in [-0.15, -0.1) is 0 Å². The lowest BCUT2D eigenvalue weighted by molar-refractivity contribution is -0.369. The van der Waals surface area contributed by atoms with Gasteiger partial charge in [0.15, 0.2) is 18.9 Å². The number of hydrogen-bond acceptors (Lipinski definition) is 16. The fourth-order valence-corrected chi connectivity index (χ4v) is 6.26. The van der Waals surface area contributed by atoms with E-state index in [1.54, 1.807) is 42.7 Å².